The van der Waals surface area contributed by atoms with Crippen molar-refractivity contribution in [2.45, 2.75) is 50.4 Å². The lowest BCUT2D eigenvalue weighted by Gasteiger charge is -2.37. The smallest absolute Gasteiger partial charge is 0.127 e. The van der Waals surface area contributed by atoms with Gasteiger partial charge in [0, 0.05) is 34.7 Å². The maximum Gasteiger partial charge on any atom is 0.127 e. The third-order valence-electron chi connectivity index (χ3n) is 4.28. The second-order valence-corrected chi connectivity index (χ2v) is 6.44. The van der Waals surface area contributed by atoms with E-state index in [0.29, 0.717) is 24.7 Å². The number of hydrogen-bond donors (Lipinski definition) is 1. The molecule has 0 aliphatic carbocycles. The third kappa shape index (κ3) is 2.33. The van der Waals surface area contributed by atoms with Crippen molar-refractivity contribution in [3.05, 3.63) is 34.1 Å². The highest BCUT2D eigenvalue weighted by Gasteiger charge is 2.39. The second-order valence-electron chi connectivity index (χ2n) is 5.52. The van der Waals surface area contributed by atoms with E-state index >= 15 is 0 Å². The van der Waals surface area contributed by atoms with Gasteiger partial charge in [0.2, 0.25) is 0 Å². The molecule has 3 rings (SSSR count). The third-order valence-corrected chi connectivity index (χ3v) is 4.77. The molecule has 2 atom stereocenters. The van der Waals surface area contributed by atoms with Crippen LogP contribution in [-0.2, 0) is 6.54 Å². The Morgan fingerprint density at radius 1 is 1.28 bits per heavy atom. The highest BCUT2D eigenvalue weighted by molar-refractivity contribution is 9.10. The van der Waals surface area contributed by atoms with Gasteiger partial charge in [-0.1, -0.05) is 15.9 Å². The van der Waals surface area contributed by atoms with Gasteiger partial charge in [-0.05, 0) is 43.9 Å². The van der Waals surface area contributed by atoms with Crippen LogP contribution in [0.15, 0.2) is 22.7 Å². The van der Waals surface area contributed by atoms with Crippen molar-refractivity contribution in [3.8, 4) is 0 Å². The molecular weight excluding hydrogens is 295 g/mol. The zero-order chi connectivity index (χ0) is 12.7. The molecule has 2 aliphatic rings. The summed E-state index contributed by atoms with van der Waals surface area (Å²) in [4.78, 5) is 2.45. The predicted octanol–water partition coefficient (Wildman–Crippen LogP) is 3.04. The molecule has 98 valence electrons. The van der Waals surface area contributed by atoms with E-state index in [-0.39, 0.29) is 5.82 Å². The summed E-state index contributed by atoms with van der Waals surface area (Å²) in [7, 11) is 0. The Morgan fingerprint density at radius 3 is 2.61 bits per heavy atom. The van der Waals surface area contributed by atoms with Crippen LogP contribution in [0.4, 0.5) is 4.39 Å². The summed E-state index contributed by atoms with van der Waals surface area (Å²) in [6, 6.07) is 6.63. The fourth-order valence-electron chi connectivity index (χ4n) is 3.44. The monoisotopic (exact) mass is 312 g/mol. The molecule has 0 spiro atoms. The molecule has 18 heavy (non-hydrogen) atoms. The van der Waals surface area contributed by atoms with Crippen LogP contribution in [0.25, 0.3) is 0 Å². The van der Waals surface area contributed by atoms with Gasteiger partial charge in [-0.3, -0.25) is 4.90 Å². The van der Waals surface area contributed by atoms with E-state index in [2.05, 4.69) is 20.8 Å². The van der Waals surface area contributed by atoms with Gasteiger partial charge in [-0.15, -0.1) is 0 Å². The molecule has 2 N–H and O–H groups in total. The van der Waals surface area contributed by atoms with E-state index in [0.717, 1.165) is 22.9 Å². The summed E-state index contributed by atoms with van der Waals surface area (Å²) in [5.74, 6) is -0.104. The summed E-state index contributed by atoms with van der Waals surface area (Å²) >= 11 is 3.41. The number of rotatable bonds is 2. The Bertz CT molecular complexity index is 437. The van der Waals surface area contributed by atoms with Crippen molar-refractivity contribution in [2.24, 2.45) is 5.73 Å². The fraction of sp³-hybridized carbons (Fsp3) is 0.571. The zero-order valence-corrected chi connectivity index (χ0v) is 11.9. The van der Waals surface area contributed by atoms with Crippen molar-refractivity contribution < 1.29 is 4.39 Å². The molecule has 1 aromatic rings. The van der Waals surface area contributed by atoms with Crippen molar-refractivity contribution in [1.82, 2.24) is 4.90 Å². The van der Waals surface area contributed by atoms with Crippen molar-refractivity contribution in [3.63, 3.8) is 0 Å². The van der Waals surface area contributed by atoms with Crippen LogP contribution in [0.1, 0.15) is 31.2 Å². The molecule has 0 aromatic heterocycles. The number of nitrogens with two attached hydrogens (primary N) is 1. The fourth-order valence-corrected chi connectivity index (χ4v) is 3.84. The number of benzene rings is 1. The van der Waals surface area contributed by atoms with E-state index in [4.69, 9.17) is 5.73 Å². The van der Waals surface area contributed by atoms with Crippen LogP contribution in [0.3, 0.4) is 0 Å². The normalized spacial score (nSPS) is 31.8. The van der Waals surface area contributed by atoms with Crippen LogP contribution in [0.5, 0.6) is 0 Å². The molecule has 2 unspecified atom stereocenters. The van der Waals surface area contributed by atoms with E-state index in [1.54, 1.807) is 6.07 Å². The minimum atomic E-state index is -0.104. The lowest BCUT2D eigenvalue weighted by molar-refractivity contribution is 0.118. The van der Waals surface area contributed by atoms with Gasteiger partial charge in [-0.2, -0.15) is 0 Å². The van der Waals surface area contributed by atoms with Crippen molar-refractivity contribution in [1.29, 1.82) is 0 Å². The van der Waals surface area contributed by atoms with Crippen LogP contribution in [0.2, 0.25) is 0 Å². The molecular formula is C14H18BrFN2. The van der Waals surface area contributed by atoms with Gasteiger partial charge in [0.05, 0.1) is 0 Å². The first-order chi connectivity index (χ1) is 8.63. The largest absolute Gasteiger partial charge is 0.328 e. The molecule has 2 heterocycles. The maximum absolute atomic E-state index is 13.8. The molecule has 2 aliphatic heterocycles. The van der Waals surface area contributed by atoms with E-state index in [9.17, 15) is 4.39 Å². The molecule has 0 amide bonds. The second kappa shape index (κ2) is 4.91. The van der Waals surface area contributed by atoms with Crippen molar-refractivity contribution in [2.75, 3.05) is 0 Å². The Morgan fingerprint density at radius 2 is 1.94 bits per heavy atom. The van der Waals surface area contributed by atoms with Crippen molar-refractivity contribution >= 4 is 15.9 Å². The summed E-state index contributed by atoms with van der Waals surface area (Å²) in [6.45, 7) is 0.716. The van der Waals surface area contributed by atoms with Gasteiger partial charge in [0.25, 0.3) is 0 Å². The predicted molar refractivity (Wildman–Crippen MR) is 73.7 cm³/mol. The number of fused-ring (bicyclic) bond motifs is 2. The summed E-state index contributed by atoms with van der Waals surface area (Å²) in [6.07, 6.45) is 4.56. The summed E-state index contributed by atoms with van der Waals surface area (Å²) in [5, 5.41) is 0. The van der Waals surface area contributed by atoms with Gasteiger partial charge in [-0.25, -0.2) is 4.39 Å². The minimum absolute atomic E-state index is 0.104. The zero-order valence-electron chi connectivity index (χ0n) is 10.3. The van der Waals surface area contributed by atoms with Gasteiger partial charge < -0.3 is 5.73 Å². The average Bonchev–Trinajstić information content (AvgIpc) is 2.57. The maximum atomic E-state index is 13.8. The SMILES string of the molecule is NC1CC2CCC(C1)N2Cc1cc(Br)ccc1F. The first-order valence-electron chi connectivity index (χ1n) is 6.59. The molecule has 2 saturated heterocycles. The number of piperidine rings is 1. The number of halogens is 2. The summed E-state index contributed by atoms with van der Waals surface area (Å²) < 4.78 is 14.7. The van der Waals surface area contributed by atoms with E-state index in [1.165, 1.54) is 18.9 Å². The van der Waals surface area contributed by atoms with Gasteiger partial charge in [0.1, 0.15) is 5.82 Å². The van der Waals surface area contributed by atoms with Crippen LogP contribution < -0.4 is 5.73 Å². The van der Waals surface area contributed by atoms with Crippen LogP contribution in [0, 0.1) is 5.82 Å². The molecule has 0 saturated carbocycles. The van der Waals surface area contributed by atoms with Crippen LogP contribution >= 0.6 is 15.9 Å². The molecule has 0 radical (unpaired) electrons. The lowest BCUT2D eigenvalue weighted by atomic mass is 9.97. The highest BCUT2D eigenvalue weighted by atomic mass is 79.9. The quantitative estimate of drug-likeness (QED) is 0.909. The standard InChI is InChI=1S/C14H18BrFN2/c15-10-1-4-14(16)9(5-10)8-18-12-2-3-13(18)7-11(17)6-12/h1,4-5,11-13H,2-3,6-8,17H2. The Labute approximate surface area is 115 Å². The minimum Gasteiger partial charge on any atom is -0.328 e. The molecule has 2 nitrogen and oxygen atoms in total. The van der Waals surface area contributed by atoms with Crippen LogP contribution in [-0.4, -0.2) is 23.0 Å². The number of hydrogen-bond acceptors (Lipinski definition) is 2. The topological polar surface area (TPSA) is 29.3 Å². The summed E-state index contributed by atoms with van der Waals surface area (Å²) in [5.41, 5.74) is 6.85. The Hall–Kier alpha value is -0.450. The molecule has 1 aromatic carbocycles. The van der Waals surface area contributed by atoms with Gasteiger partial charge in [0.15, 0.2) is 0 Å². The lowest BCUT2D eigenvalue weighted by Crippen LogP contribution is -2.46. The molecule has 4 heteroatoms. The highest BCUT2D eigenvalue weighted by Crippen LogP contribution is 2.36. The molecule has 2 fully saturated rings. The van der Waals surface area contributed by atoms with E-state index in [1.807, 2.05) is 6.07 Å². The first kappa shape index (κ1) is 12.6. The Kier molecular flexibility index (Phi) is 3.43. The first-order valence-corrected chi connectivity index (χ1v) is 7.38. The Balaban J connectivity index is 1.79. The average molecular weight is 313 g/mol. The van der Waals surface area contributed by atoms with E-state index < -0.39 is 0 Å². The number of nitrogens with zero attached hydrogens (tertiary/aromatic N) is 1. The van der Waals surface area contributed by atoms with Gasteiger partial charge >= 0.3 is 0 Å². The molecule has 2 bridgehead atoms.